The second-order valence-electron chi connectivity index (χ2n) is 3.51. The standard InChI is InChI=1S/C11H14OS5/c1-6-7(2)15-10(14-6)11-16-8(3)9(17-11)13-5-4-12/h12H,4-5H2,1-3H3. The molecule has 0 saturated carbocycles. The Morgan fingerprint density at radius 2 is 1.41 bits per heavy atom. The average molecular weight is 323 g/mol. The molecule has 2 aliphatic rings. The fraction of sp³-hybridized carbons (Fsp3) is 0.455. The largest absolute Gasteiger partial charge is 0.396 e. The Morgan fingerprint density at radius 3 is 2.00 bits per heavy atom. The highest BCUT2D eigenvalue weighted by atomic mass is 32.2. The highest BCUT2D eigenvalue weighted by Gasteiger charge is 2.25. The molecule has 17 heavy (non-hydrogen) atoms. The van der Waals surface area contributed by atoms with E-state index in [1.54, 1.807) is 11.8 Å². The quantitative estimate of drug-likeness (QED) is 0.761. The first-order valence-electron chi connectivity index (χ1n) is 5.19. The summed E-state index contributed by atoms with van der Waals surface area (Å²) in [5.41, 5.74) is 0. The van der Waals surface area contributed by atoms with Crippen LogP contribution in [-0.4, -0.2) is 17.5 Å². The summed E-state index contributed by atoms with van der Waals surface area (Å²) in [6.07, 6.45) is 0. The molecule has 0 aromatic rings. The third-order valence-electron chi connectivity index (χ3n) is 2.20. The molecular weight excluding hydrogens is 308 g/mol. The summed E-state index contributed by atoms with van der Waals surface area (Å²) in [6, 6.07) is 0. The minimum Gasteiger partial charge on any atom is -0.396 e. The summed E-state index contributed by atoms with van der Waals surface area (Å²) >= 11 is 9.29. The van der Waals surface area contributed by atoms with Crippen molar-refractivity contribution in [2.45, 2.75) is 20.8 Å². The Hall–Kier alpha value is 0.930. The van der Waals surface area contributed by atoms with Gasteiger partial charge in [-0.15, -0.1) is 11.8 Å². The van der Waals surface area contributed by atoms with E-state index in [4.69, 9.17) is 5.11 Å². The molecule has 0 aromatic heterocycles. The number of thioether (sulfide) groups is 5. The molecule has 0 saturated heterocycles. The maximum atomic E-state index is 8.87. The number of hydrogen-bond acceptors (Lipinski definition) is 6. The first kappa shape index (κ1) is 14.3. The first-order chi connectivity index (χ1) is 8.11. The van der Waals surface area contributed by atoms with Crippen LogP contribution in [0, 0.1) is 0 Å². The fourth-order valence-electron chi connectivity index (χ4n) is 1.24. The van der Waals surface area contributed by atoms with Gasteiger partial charge < -0.3 is 5.11 Å². The van der Waals surface area contributed by atoms with Crippen LogP contribution >= 0.6 is 58.8 Å². The summed E-state index contributed by atoms with van der Waals surface area (Å²) in [6.45, 7) is 6.79. The lowest BCUT2D eigenvalue weighted by atomic mass is 10.6. The van der Waals surface area contributed by atoms with Gasteiger partial charge in [0, 0.05) is 10.7 Å². The van der Waals surface area contributed by atoms with Crippen molar-refractivity contribution < 1.29 is 5.11 Å². The second-order valence-corrected chi connectivity index (χ2v) is 10.1. The lowest BCUT2D eigenvalue weighted by molar-refractivity contribution is 0.322. The van der Waals surface area contributed by atoms with Gasteiger partial charge >= 0.3 is 0 Å². The molecule has 6 heteroatoms. The van der Waals surface area contributed by atoms with Crippen LogP contribution in [0.3, 0.4) is 0 Å². The van der Waals surface area contributed by atoms with Gasteiger partial charge in [0.2, 0.25) is 0 Å². The van der Waals surface area contributed by atoms with E-state index in [-0.39, 0.29) is 6.61 Å². The molecular formula is C11H14OS5. The summed E-state index contributed by atoms with van der Waals surface area (Å²) in [7, 11) is 0. The molecule has 0 spiro atoms. The first-order valence-corrected chi connectivity index (χ1v) is 9.44. The maximum Gasteiger partial charge on any atom is 0.0708 e. The SMILES string of the molecule is CC1=C(C)SC(=C2SC(C)=C(SCCO)S2)S1. The van der Waals surface area contributed by atoms with Crippen LogP contribution in [0.4, 0.5) is 0 Å². The van der Waals surface area contributed by atoms with E-state index in [0.29, 0.717) is 0 Å². The van der Waals surface area contributed by atoms with Crippen LogP contribution in [0.1, 0.15) is 20.8 Å². The van der Waals surface area contributed by atoms with Crippen molar-refractivity contribution in [1.29, 1.82) is 0 Å². The van der Waals surface area contributed by atoms with Gasteiger partial charge in [0.05, 0.1) is 19.3 Å². The predicted molar refractivity (Wildman–Crippen MR) is 88.0 cm³/mol. The molecule has 0 atom stereocenters. The van der Waals surface area contributed by atoms with Gasteiger partial charge in [0.1, 0.15) is 0 Å². The monoisotopic (exact) mass is 322 g/mol. The Bertz CT molecular complexity index is 406. The normalized spacial score (nSPS) is 21.2. The minimum absolute atomic E-state index is 0.252. The zero-order valence-electron chi connectivity index (χ0n) is 9.90. The molecule has 2 aliphatic heterocycles. The van der Waals surface area contributed by atoms with Gasteiger partial charge in [0.15, 0.2) is 0 Å². The number of aliphatic hydroxyl groups is 1. The van der Waals surface area contributed by atoms with E-state index in [9.17, 15) is 0 Å². The molecule has 0 bridgehead atoms. The zero-order valence-corrected chi connectivity index (χ0v) is 14.0. The van der Waals surface area contributed by atoms with Gasteiger partial charge in [-0.1, -0.05) is 47.0 Å². The minimum atomic E-state index is 0.252. The molecule has 1 N–H and O–H groups in total. The Labute approximate surface area is 124 Å². The van der Waals surface area contributed by atoms with E-state index in [1.807, 2.05) is 47.0 Å². The van der Waals surface area contributed by atoms with Gasteiger partial charge in [0.25, 0.3) is 0 Å². The number of rotatable bonds is 3. The van der Waals surface area contributed by atoms with Crippen molar-refractivity contribution in [3.63, 3.8) is 0 Å². The van der Waals surface area contributed by atoms with Crippen LogP contribution in [0.15, 0.2) is 27.4 Å². The van der Waals surface area contributed by atoms with Crippen LogP contribution in [0.25, 0.3) is 0 Å². The van der Waals surface area contributed by atoms with E-state index < -0.39 is 0 Å². The molecule has 0 aliphatic carbocycles. The van der Waals surface area contributed by atoms with Gasteiger partial charge in [-0.25, -0.2) is 0 Å². The van der Waals surface area contributed by atoms with Gasteiger partial charge in [-0.05, 0) is 30.6 Å². The highest BCUT2D eigenvalue weighted by molar-refractivity contribution is 8.38. The van der Waals surface area contributed by atoms with Crippen molar-refractivity contribution in [1.82, 2.24) is 0 Å². The molecule has 2 rings (SSSR count). The number of allylic oxidation sites excluding steroid dienone is 3. The summed E-state index contributed by atoms with van der Waals surface area (Å²) in [5.74, 6) is 0.791. The number of aliphatic hydroxyl groups excluding tert-OH is 1. The third kappa shape index (κ3) is 3.48. The van der Waals surface area contributed by atoms with E-state index in [0.717, 1.165) is 5.75 Å². The summed E-state index contributed by atoms with van der Waals surface area (Å²) in [4.78, 5) is 4.22. The lowest BCUT2D eigenvalue weighted by Gasteiger charge is -2.02. The van der Waals surface area contributed by atoms with Crippen LogP contribution in [-0.2, 0) is 0 Å². The molecule has 0 unspecified atom stereocenters. The van der Waals surface area contributed by atoms with Gasteiger partial charge in [-0.3, -0.25) is 0 Å². The van der Waals surface area contributed by atoms with Crippen molar-refractivity contribution >= 4 is 58.8 Å². The van der Waals surface area contributed by atoms with E-state index in [1.165, 1.54) is 27.4 Å². The maximum absolute atomic E-state index is 8.87. The lowest BCUT2D eigenvalue weighted by Crippen LogP contribution is -1.84. The second kappa shape index (κ2) is 6.39. The molecule has 1 nitrogen and oxygen atoms in total. The Balaban J connectivity index is 2.03. The highest BCUT2D eigenvalue weighted by Crippen LogP contribution is 2.61. The number of hydrogen-bond donors (Lipinski definition) is 1. The molecule has 0 fully saturated rings. The predicted octanol–water partition coefficient (Wildman–Crippen LogP) is 5.24. The van der Waals surface area contributed by atoms with Crippen LogP contribution in [0.5, 0.6) is 0 Å². The van der Waals surface area contributed by atoms with Crippen molar-refractivity contribution in [3.8, 4) is 0 Å². The van der Waals surface area contributed by atoms with E-state index >= 15 is 0 Å². The fourth-order valence-corrected chi connectivity index (χ4v) is 7.97. The third-order valence-corrected chi connectivity index (χ3v) is 9.44. The smallest absolute Gasteiger partial charge is 0.0708 e. The van der Waals surface area contributed by atoms with E-state index in [2.05, 4.69) is 20.8 Å². The van der Waals surface area contributed by atoms with Crippen molar-refractivity contribution in [3.05, 3.63) is 27.4 Å². The summed E-state index contributed by atoms with van der Waals surface area (Å²) in [5, 5.41) is 8.87. The van der Waals surface area contributed by atoms with Crippen LogP contribution in [0.2, 0.25) is 0 Å². The molecule has 94 valence electrons. The Kier molecular flexibility index (Phi) is 5.39. The van der Waals surface area contributed by atoms with Gasteiger partial charge in [-0.2, -0.15) is 0 Å². The van der Waals surface area contributed by atoms with Crippen LogP contribution < -0.4 is 0 Å². The molecule has 0 amide bonds. The van der Waals surface area contributed by atoms with Crippen molar-refractivity contribution in [2.75, 3.05) is 12.4 Å². The topological polar surface area (TPSA) is 20.2 Å². The molecule has 0 aromatic carbocycles. The average Bonchev–Trinajstić information content (AvgIpc) is 2.81. The Morgan fingerprint density at radius 1 is 0.882 bits per heavy atom. The van der Waals surface area contributed by atoms with Crippen molar-refractivity contribution in [2.24, 2.45) is 0 Å². The molecule has 2 heterocycles. The zero-order chi connectivity index (χ0) is 12.4. The summed E-state index contributed by atoms with van der Waals surface area (Å²) < 4.78 is 4.19. The molecule has 0 radical (unpaired) electrons.